The summed E-state index contributed by atoms with van der Waals surface area (Å²) in [6.07, 6.45) is 0.589. The van der Waals surface area contributed by atoms with Crippen molar-refractivity contribution >= 4 is 51.6 Å². The van der Waals surface area contributed by atoms with Crippen LogP contribution in [-0.2, 0) is 6.42 Å². The zero-order valence-corrected chi connectivity index (χ0v) is 17.7. The summed E-state index contributed by atoms with van der Waals surface area (Å²) in [5.41, 5.74) is 5.11. The van der Waals surface area contributed by atoms with Crippen LogP contribution < -0.4 is 10.6 Å². The van der Waals surface area contributed by atoms with E-state index in [0.717, 1.165) is 27.9 Å². The van der Waals surface area contributed by atoms with Gasteiger partial charge >= 0.3 is 0 Å². The third-order valence-electron chi connectivity index (χ3n) is 4.49. The zero-order valence-electron chi connectivity index (χ0n) is 16.1. The molecule has 1 aromatic heterocycles. The van der Waals surface area contributed by atoms with E-state index in [2.05, 4.69) is 15.6 Å². The van der Waals surface area contributed by atoms with Gasteiger partial charge in [0.2, 0.25) is 0 Å². The predicted molar refractivity (Wildman–Crippen MR) is 123 cm³/mol. The van der Waals surface area contributed by atoms with Gasteiger partial charge in [0, 0.05) is 22.7 Å². The van der Waals surface area contributed by atoms with Crippen LogP contribution in [0.4, 0.5) is 5.69 Å². The third kappa shape index (κ3) is 4.84. The van der Waals surface area contributed by atoms with Crippen LogP contribution in [0.1, 0.15) is 27.4 Å². The first-order valence-corrected chi connectivity index (χ1v) is 10.1. The summed E-state index contributed by atoms with van der Waals surface area (Å²) >= 11 is 11.1. The lowest BCUT2D eigenvalue weighted by molar-refractivity contribution is 0.0977. The number of rotatable bonds is 4. The van der Waals surface area contributed by atoms with Crippen molar-refractivity contribution in [1.29, 1.82) is 0 Å². The maximum atomic E-state index is 12.2. The van der Waals surface area contributed by atoms with E-state index < -0.39 is 0 Å². The number of aryl methyl sites for hydroxylation is 1. The second-order valence-corrected chi connectivity index (χ2v) is 7.71. The standard InChI is InChI=1S/C23H18ClN3O2S/c1-14-2-11-20-19(12-14)26-21(29-20)13-15-3-9-18(10-4-15)25-23(30)27-22(28)16-5-7-17(24)8-6-16/h2-12H,13H2,1H3,(H2,25,27,28,30). The molecule has 30 heavy (non-hydrogen) atoms. The minimum absolute atomic E-state index is 0.219. The first-order chi connectivity index (χ1) is 14.5. The quantitative estimate of drug-likeness (QED) is 0.414. The van der Waals surface area contributed by atoms with Gasteiger partial charge in [-0.05, 0) is 78.8 Å². The molecule has 1 amide bonds. The number of carbonyl (C=O) groups is 1. The number of oxazole rings is 1. The number of hydrogen-bond donors (Lipinski definition) is 2. The lowest BCUT2D eigenvalue weighted by atomic mass is 10.1. The van der Waals surface area contributed by atoms with E-state index in [-0.39, 0.29) is 11.0 Å². The fourth-order valence-corrected chi connectivity index (χ4v) is 3.32. The molecular formula is C23H18ClN3O2S. The first kappa shape index (κ1) is 20.1. The Bertz CT molecular complexity index is 1220. The zero-order chi connectivity index (χ0) is 21.1. The molecule has 0 aliphatic heterocycles. The molecule has 4 aromatic rings. The number of fused-ring (bicyclic) bond motifs is 1. The van der Waals surface area contributed by atoms with Crippen molar-refractivity contribution in [2.75, 3.05) is 5.32 Å². The molecule has 0 unspecified atom stereocenters. The molecule has 150 valence electrons. The number of hydrogen-bond acceptors (Lipinski definition) is 4. The maximum absolute atomic E-state index is 12.2. The van der Waals surface area contributed by atoms with Gasteiger partial charge in [-0.2, -0.15) is 0 Å². The highest BCUT2D eigenvalue weighted by atomic mass is 35.5. The van der Waals surface area contributed by atoms with Gasteiger partial charge < -0.3 is 9.73 Å². The van der Waals surface area contributed by atoms with Crippen LogP contribution >= 0.6 is 23.8 Å². The van der Waals surface area contributed by atoms with Crippen LogP contribution in [0, 0.1) is 6.92 Å². The molecule has 0 atom stereocenters. The Kier molecular flexibility index (Phi) is 5.79. The lowest BCUT2D eigenvalue weighted by Gasteiger charge is -2.10. The van der Waals surface area contributed by atoms with Crippen LogP contribution in [0.15, 0.2) is 71.1 Å². The molecule has 4 rings (SSSR count). The highest BCUT2D eigenvalue weighted by Crippen LogP contribution is 2.20. The van der Waals surface area contributed by atoms with Crippen molar-refractivity contribution in [2.45, 2.75) is 13.3 Å². The number of carbonyl (C=O) groups excluding carboxylic acids is 1. The second-order valence-electron chi connectivity index (χ2n) is 6.87. The number of anilines is 1. The Morgan fingerprint density at radius 3 is 2.53 bits per heavy atom. The summed E-state index contributed by atoms with van der Waals surface area (Å²) in [7, 11) is 0. The molecule has 7 heteroatoms. The maximum Gasteiger partial charge on any atom is 0.257 e. The predicted octanol–water partition coefficient (Wildman–Crippen LogP) is 5.51. The van der Waals surface area contributed by atoms with E-state index >= 15 is 0 Å². The summed E-state index contributed by atoms with van der Waals surface area (Å²) in [6.45, 7) is 2.03. The van der Waals surface area contributed by atoms with Gasteiger partial charge in [-0.15, -0.1) is 0 Å². The smallest absolute Gasteiger partial charge is 0.257 e. The van der Waals surface area contributed by atoms with Gasteiger partial charge in [-0.3, -0.25) is 10.1 Å². The number of thiocarbonyl (C=S) groups is 1. The second kappa shape index (κ2) is 8.65. The van der Waals surface area contributed by atoms with Gasteiger partial charge in [0.1, 0.15) is 5.52 Å². The van der Waals surface area contributed by atoms with Gasteiger partial charge in [-0.1, -0.05) is 29.8 Å². The molecule has 1 heterocycles. The Hall–Kier alpha value is -3.22. The lowest BCUT2D eigenvalue weighted by Crippen LogP contribution is -2.34. The molecule has 0 radical (unpaired) electrons. The number of amides is 1. The molecule has 0 spiro atoms. The molecule has 0 aliphatic carbocycles. The van der Waals surface area contributed by atoms with E-state index in [1.54, 1.807) is 24.3 Å². The normalized spacial score (nSPS) is 10.7. The molecule has 0 saturated carbocycles. The highest BCUT2D eigenvalue weighted by molar-refractivity contribution is 7.80. The van der Waals surface area contributed by atoms with Gasteiger partial charge in [0.05, 0.1) is 0 Å². The molecule has 5 nitrogen and oxygen atoms in total. The third-order valence-corrected chi connectivity index (χ3v) is 4.94. The molecule has 3 aromatic carbocycles. The molecule has 0 fully saturated rings. The highest BCUT2D eigenvalue weighted by Gasteiger charge is 2.09. The minimum atomic E-state index is -0.299. The summed E-state index contributed by atoms with van der Waals surface area (Å²) in [6, 6.07) is 20.3. The molecule has 2 N–H and O–H groups in total. The number of halogens is 1. The van der Waals surface area contributed by atoms with Crippen molar-refractivity contribution < 1.29 is 9.21 Å². The van der Waals surface area contributed by atoms with Crippen molar-refractivity contribution in [1.82, 2.24) is 10.3 Å². The fourth-order valence-electron chi connectivity index (χ4n) is 2.98. The van der Waals surface area contributed by atoms with Gasteiger partial charge in [-0.25, -0.2) is 4.98 Å². The fraction of sp³-hybridized carbons (Fsp3) is 0.0870. The van der Waals surface area contributed by atoms with Crippen molar-refractivity contribution in [3.63, 3.8) is 0 Å². The van der Waals surface area contributed by atoms with E-state index in [1.165, 1.54) is 0 Å². The van der Waals surface area contributed by atoms with Crippen LogP contribution in [-0.4, -0.2) is 16.0 Å². The number of aromatic nitrogens is 1. The van der Waals surface area contributed by atoms with Gasteiger partial charge in [0.15, 0.2) is 16.6 Å². The Labute approximate surface area is 184 Å². The van der Waals surface area contributed by atoms with Gasteiger partial charge in [0.25, 0.3) is 5.91 Å². The van der Waals surface area contributed by atoms with Crippen LogP contribution in [0.3, 0.4) is 0 Å². The average molecular weight is 436 g/mol. The average Bonchev–Trinajstić information content (AvgIpc) is 3.11. The van der Waals surface area contributed by atoms with Crippen molar-refractivity contribution in [3.8, 4) is 0 Å². The first-order valence-electron chi connectivity index (χ1n) is 9.29. The van der Waals surface area contributed by atoms with E-state index in [4.69, 9.17) is 28.2 Å². The van der Waals surface area contributed by atoms with Crippen molar-refractivity contribution in [2.24, 2.45) is 0 Å². The molecule has 0 saturated heterocycles. The largest absolute Gasteiger partial charge is 0.440 e. The molecular weight excluding hydrogens is 418 g/mol. The SMILES string of the molecule is Cc1ccc2oc(Cc3ccc(NC(=S)NC(=O)c4ccc(Cl)cc4)cc3)nc2c1. The summed E-state index contributed by atoms with van der Waals surface area (Å²) in [4.78, 5) is 16.8. The van der Waals surface area contributed by atoms with Crippen molar-refractivity contribution in [3.05, 3.63) is 94.3 Å². The Morgan fingerprint density at radius 2 is 1.80 bits per heavy atom. The number of nitrogens with one attached hydrogen (secondary N) is 2. The van der Waals surface area contributed by atoms with Crippen LogP contribution in [0.5, 0.6) is 0 Å². The number of benzene rings is 3. The van der Waals surface area contributed by atoms with E-state index in [9.17, 15) is 4.79 Å². The number of nitrogens with zero attached hydrogens (tertiary/aromatic N) is 1. The van der Waals surface area contributed by atoms with Crippen LogP contribution in [0.25, 0.3) is 11.1 Å². The molecule has 0 aliphatic rings. The summed E-state index contributed by atoms with van der Waals surface area (Å²) in [5, 5.41) is 6.45. The molecule has 0 bridgehead atoms. The summed E-state index contributed by atoms with van der Waals surface area (Å²) < 4.78 is 5.81. The topological polar surface area (TPSA) is 67.2 Å². The Morgan fingerprint density at radius 1 is 1.07 bits per heavy atom. The Balaban J connectivity index is 1.36. The van der Waals surface area contributed by atoms with E-state index in [0.29, 0.717) is 22.9 Å². The van der Waals surface area contributed by atoms with Crippen LogP contribution in [0.2, 0.25) is 5.02 Å². The summed E-state index contributed by atoms with van der Waals surface area (Å²) in [5.74, 6) is 0.369. The van der Waals surface area contributed by atoms with E-state index in [1.807, 2.05) is 49.4 Å². The monoisotopic (exact) mass is 435 g/mol. The minimum Gasteiger partial charge on any atom is -0.440 e.